The van der Waals surface area contributed by atoms with Gasteiger partial charge in [-0.3, -0.25) is 14.7 Å². The number of para-hydroxylation sites is 1. The second kappa shape index (κ2) is 4.97. The number of hydrogen-bond acceptors (Lipinski definition) is 3. The molecule has 0 amide bonds. The fourth-order valence-corrected chi connectivity index (χ4v) is 2.60. The molecular formula is C15H16N2O2. The maximum atomic E-state index is 10.9. The molecule has 19 heavy (non-hydrogen) atoms. The summed E-state index contributed by atoms with van der Waals surface area (Å²) in [7, 11) is 0. The number of carbonyl (C=O) groups is 1. The van der Waals surface area contributed by atoms with Crippen molar-refractivity contribution in [3.8, 4) is 0 Å². The average Bonchev–Trinajstić information content (AvgIpc) is 2.87. The van der Waals surface area contributed by atoms with Gasteiger partial charge in [0.2, 0.25) is 0 Å². The van der Waals surface area contributed by atoms with Crippen LogP contribution in [0, 0.1) is 5.92 Å². The molecule has 0 spiro atoms. The molecule has 2 heterocycles. The number of hydrogen-bond donors (Lipinski definition) is 1. The van der Waals surface area contributed by atoms with Crippen molar-refractivity contribution >= 4 is 16.9 Å². The number of nitrogens with zero attached hydrogens (tertiary/aromatic N) is 2. The fraction of sp³-hybridized carbons (Fsp3) is 0.333. The monoisotopic (exact) mass is 256 g/mol. The van der Waals surface area contributed by atoms with E-state index in [9.17, 15) is 4.79 Å². The first kappa shape index (κ1) is 12.1. The predicted octanol–water partition coefficient (Wildman–Crippen LogP) is 2.14. The van der Waals surface area contributed by atoms with E-state index in [0.717, 1.165) is 36.1 Å². The van der Waals surface area contributed by atoms with Gasteiger partial charge in [-0.1, -0.05) is 24.3 Å². The Morgan fingerprint density at radius 3 is 2.95 bits per heavy atom. The Labute approximate surface area is 111 Å². The maximum Gasteiger partial charge on any atom is 0.307 e. The van der Waals surface area contributed by atoms with Crippen LogP contribution in [0.5, 0.6) is 0 Å². The molecule has 4 heteroatoms. The van der Waals surface area contributed by atoms with Crippen molar-refractivity contribution in [3.63, 3.8) is 0 Å². The summed E-state index contributed by atoms with van der Waals surface area (Å²) in [6.07, 6.45) is 0.739. The van der Waals surface area contributed by atoms with Crippen molar-refractivity contribution in [2.75, 3.05) is 13.1 Å². The Morgan fingerprint density at radius 2 is 2.16 bits per heavy atom. The Kier molecular flexibility index (Phi) is 3.17. The van der Waals surface area contributed by atoms with E-state index in [0.29, 0.717) is 6.54 Å². The van der Waals surface area contributed by atoms with Crippen molar-refractivity contribution in [1.82, 2.24) is 9.88 Å². The van der Waals surface area contributed by atoms with Crippen LogP contribution in [-0.2, 0) is 11.3 Å². The van der Waals surface area contributed by atoms with Gasteiger partial charge in [0.25, 0.3) is 0 Å². The van der Waals surface area contributed by atoms with Gasteiger partial charge in [0.15, 0.2) is 0 Å². The van der Waals surface area contributed by atoms with Gasteiger partial charge >= 0.3 is 5.97 Å². The molecule has 1 fully saturated rings. The Bertz CT molecular complexity index is 612. The number of likely N-dealkylation sites (tertiary alicyclic amines) is 1. The third kappa shape index (κ3) is 2.58. The summed E-state index contributed by atoms with van der Waals surface area (Å²) in [5.74, 6) is -0.908. The molecule has 1 atom stereocenters. The zero-order chi connectivity index (χ0) is 13.2. The molecule has 0 aliphatic carbocycles. The summed E-state index contributed by atoms with van der Waals surface area (Å²) in [4.78, 5) is 17.7. The van der Waals surface area contributed by atoms with Crippen LogP contribution < -0.4 is 0 Å². The third-order valence-electron chi connectivity index (χ3n) is 3.66. The molecular weight excluding hydrogens is 240 g/mol. The molecule has 1 aliphatic rings. The van der Waals surface area contributed by atoms with Gasteiger partial charge in [-0.15, -0.1) is 0 Å². The molecule has 3 rings (SSSR count). The lowest BCUT2D eigenvalue weighted by Crippen LogP contribution is -2.23. The standard InChI is InChI=1S/C15H16N2O2/c18-15(19)12-7-8-17(9-12)10-13-6-5-11-3-1-2-4-14(11)16-13/h1-6,12H,7-10H2,(H,18,19). The number of rotatable bonds is 3. The summed E-state index contributed by atoms with van der Waals surface area (Å²) in [6, 6.07) is 12.1. The van der Waals surface area contributed by atoms with E-state index in [-0.39, 0.29) is 5.92 Å². The number of fused-ring (bicyclic) bond motifs is 1. The molecule has 0 radical (unpaired) electrons. The summed E-state index contributed by atoms with van der Waals surface area (Å²) in [6.45, 7) is 2.20. The zero-order valence-electron chi connectivity index (χ0n) is 10.6. The van der Waals surface area contributed by atoms with Crippen LogP contribution in [0.1, 0.15) is 12.1 Å². The number of aromatic nitrogens is 1. The minimum Gasteiger partial charge on any atom is -0.481 e. The van der Waals surface area contributed by atoms with Gasteiger partial charge < -0.3 is 5.11 Å². The maximum absolute atomic E-state index is 10.9. The summed E-state index contributed by atoms with van der Waals surface area (Å²) in [5.41, 5.74) is 2.00. The number of carboxylic acid groups (broad SMARTS) is 1. The van der Waals surface area contributed by atoms with E-state index < -0.39 is 5.97 Å². The van der Waals surface area contributed by atoms with Gasteiger partial charge in [-0.25, -0.2) is 0 Å². The molecule has 98 valence electrons. The molecule has 1 unspecified atom stereocenters. The highest BCUT2D eigenvalue weighted by Gasteiger charge is 2.27. The van der Waals surface area contributed by atoms with E-state index in [1.165, 1.54) is 0 Å². The van der Waals surface area contributed by atoms with E-state index >= 15 is 0 Å². The van der Waals surface area contributed by atoms with Crippen LogP contribution in [0.4, 0.5) is 0 Å². The predicted molar refractivity (Wildman–Crippen MR) is 72.8 cm³/mol. The highest BCUT2D eigenvalue weighted by atomic mass is 16.4. The fourth-order valence-electron chi connectivity index (χ4n) is 2.60. The summed E-state index contributed by atoms with van der Waals surface area (Å²) >= 11 is 0. The van der Waals surface area contributed by atoms with Crippen molar-refractivity contribution in [1.29, 1.82) is 0 Å². The SMILES string of the molecule is O=C(O)C1CCN(Cc2ccc3ccccc3n2)C1. The highest BCUT2D eigenvalue weighted by molar-refractivity contribution is 5.78. The van der Waals surface area contributed by atoms with Gasteiger partial charge in [0.05, 0.1) is 17.1 Å². The second-order valence-corrected chi connectivity index (χ2v) is 5.05. The van der Waals surface area contributed by atoms with Crippen LogP contribution in [0.3, 0.4) is 0 Å². The van der Waals surface area contributed by atoms with Gasteiger partial charge in [0.1, 0.15) is 0 Å². The summed E-state index contributed by atoms with van der Waals surface area (Å²) < 4.78 is 0. The van der Waals surface area contributed by atoms with Gasteiger partial charge in [-0.05, 0) is 25.1 Å². The minimum atomic E-state index is -0.686. The quantitative estimate of drug-likeness (QED) is 0.914. The van der Waals surface area contributed by atoms with Crippen LogP contribution in [-0.4, -0.2) is 34.0 Å². The van der Waals surface area contributed by atoms with E-state index in [1.807, 2.05) is 30.3 Å². The largest absolute Gasteiger partial charge is 0.481 e. The van der Waals surface area contributed by atoms with Crippen molar-refractivity contribution in [2.45, 2.75) is 13.0 Å². The number of benzene rings is 1. The Hall–Kier alpha value is -1.94. The Morgan fingerprint density at radius 1 is 1.32 bits per heavy atom. The first-order valence-electron chi connectivity index (χ1n) is 6.52. The molecule has 0 saturated carbocycles. The summed E-state index contributed by atoms with van der Waals surface area (Å²) in [5, 5.41) is 10.1. The zero-order valence-corrected chi connectivity index (χ0v) is 10.6. The second-order valence-electron chi connectivity index (χ2n) is 5.05. The molecule has 0 bridgehead atoms. The van der Waals surface area contributed by atoms with Crippen molar-refractivity contribution in [3.05, 3.63) is 42.1 Å². The lowest BCUT2D eigenvalue weighted by atomic mass is 10.1. The number of aliphatic carboxylic acids is 1. The van der Waals surface area contributed by atoms with E-state index in [4.69, 9.17) is 5.11 Å². The van der Waals surface area contributed by atoms with Gasteiger partial charge in [-0.2, -0.15) is 0 Å². The number of pyridine rings is 1. The molecule has 1 aliphatic heterocycles. The molecule has 1 aromatic heterocycles. The highest BCUT2D eigenvalue weighted by Crippen LogP contribution is 2.19. The molecule has 1 N–H and O–H groups in total. The first-order valence-corrected chi connectivity index (χ1v) is 6.52. The first-order chi connectivity index (χ1) is 9.22. The van der Waals surface area contributed by atoms with Crippen LogP contribution in [0.15, 0.2) is 36.4 Å². The van der Waals surface area contributed by atoms with Gasteiger partial charge in [0, 0.05) is 18.5 Å². The van der Waals surface area contributed by atoms with Crippen LogP contribution >= 0.6 is 0 Å². The van der Waals surface area contributed by atoms with Crippen molar-refractivity contribution < 1.29 is 9.90 Å². The van der Waals surface area contributed by atoms with Crippen molar-refractivity contribution in [2.24, 2.45) is 5.92 Å². The molecule has 1 saturated heterocycles. The smallest absolute Gasteiger partial charge is 0.307 e. The molecule has 1 aromatic carbocycles. The van der Waals surface area contributed by atoms with E-state index in [2.05, 4.69) is 16.0 Å². The topological polar surface area (TPSA) is 53.4 Å². The van der Waals surface area contributed by atoms with Crippen LogP contribution in [0.2, 0.25) is 0 Å². The third-order valence-corrected chi connectivity index (χ3v) is 3.66. The Balaban J connectivity index is 1.73. The minimum absolute atomic E-state index is 0.222. The lowest BCUT2D eigenvalue weighted by molar-refractivity contribution is -0.141. The normalized spacial score (nSPS) is 19.9. The lowest BCUT2D eigenvalue weighted by Gasteiger charge is -2.14. The van der Waals surface area contributed by atoms with Crippen LogP contribution in [0.25, 0.3) is 10.9 Å². The molecule has 4 nitrogen and oxygen atoms in total. The average molecular weight is 256 g/mol. The molecule has 2 aromatic rings. The number of carboxylic acids is 1. The van der Waals surface area contributed by atoms with E-state index in [1.54, 1.807) is 0 Å².